The first-order valence-corrected chi connectivity index (χ1v) is 7.50. The summed E-state index contributed by atoms with van der Waals surface area (Å²) in [7, 11) is 0. The van der Waals surface area contributed by atoms with Gasteiger partial charge in [-0.15, -0.1) is 0 Å². The Bertz CT molecular complexity index is 313. The van der Waals surface area contributed by atoms with Crippen molar-refractivity contribution in [1.82, 2.24) is 0 Å². The van der Waals surface area contributed by atoms with Crippen molar-refractivity contribution >= 4 is 0 Å². The maximum absolute atomic E-state index is 6.24. The summed E-state index contributed by atoms with van der Waals surface area (Å²) in [6.45, 7) is 6.70. The molecule has 102 valence electrons. The molecule has 1 aromatic rings. The van der Waals surface area contributed by atoms with Gasteiger partial charge in [-0.3, -0.25) is 0 Å². The number of hydrogen-bond acceptors (Lipinski definition) is 1. The highest BCUT2D eigenvalue weighted by Crippen LogP contribution is 2.21. The molecule has 0 heterocycles. The fraction of sp³-hybridized carbons (Fsp3) is 0.647. The monoisotopic (exact) mass is 247 g/mol. The number of nitrogens with two attached hydrogens (primary N) is 1. The van der Waals surface area contributed by atoms with Crippen LogP contribution in [-0.2, 0) is 0 Å². The lowest BCUT2D eigenvalue weighted by Crippen LogP contribution is -2.10. The van der Waals surface area contributed by atoms with Crippen LogP contribution in [0.2, 0.25) is 0 Å². The third-order valence-corrected chi connectivity index (χ3v) is 3.65. The Hall–Kier alpha value is -0.820. The van der Waals surface area contributed by atoms with E-state index < -0.39 is 0 Å². The van der Waals surface area contributed by atoms with Gasteiger partial charge < -0.3 is 5.73 Å². The number of hydrogen-bond donors (Lipinski definition) is 1. The van der Waals surface area contributed by atoms with Gasteiger partial charge in [-0.1, -0.05) is 77.1 Å². The van der Waals surface area contributed by atoms with Gasteiger partial charge in [0.1, 0.15) is 0 Å². The Morgan fingerprint density at radius 2 is 1.44 bits per heavy atom. The lowest BCUT2D eigenvalue weighted by atomic mass is 9.96. The van der Waals surface area contributed by atoms with Crippen molar-refractivity contribution in [3.63, 3.8) is 0 Å². The Labute approximate surface area is 113 Å². The SMILES string of the molecule is CCCCCCCC(N)c1ccc(C(C)C)cc1. The summed E-state index contributed by atoms with van der Waals surface area (Å²) in [6.07, 6.45) is 7.72. The van der Waals surface area contributed by atoms with Crippen LogP contribution in [0, 0.1) is 0 Å². The quantitative estimate of drug-likeness (QED) is 0.630. The van der Waals surface area contributed by atoms with Crippen LogP contribution in [0.1, 0.15) is 82.4 Å². The molecule has 0 saturated carbocycles. The molecule has 1 heteroatoms. The molecule has 2 N–H and O–H groups in total. The van der Waals surface area contributed by atoms with Crippen molar-refractivity contribution in [1.29, 1.82) is 0 Å². The van der Waals surface area contributed by atoms with Gasteiger partial charge in [0.25, 0.3) is 0 Å². The van der Waals surface area contributed by atoms with Crippen LogP contribution in [0.4, 0.5) is 0 Å². The summed E-state index contributed by atoms with van der Waals surface area (Å²) in [6, 6.07) is 9.05. The molecule has 0 aromatic heterocycles. The topological polar surface area (TPSA) is 26.0 Å². The minimum atomic E-state index is 0.216. The van der Waals surface area contributed by atoms with Gasteiger partial charge in [0, 0.05) is 6.04 Å². The van der Waals surface area contributed by atoms with Gasteiger partial charge in [-0.05, 0) is 23.5 Å². The van der Waals surface area contributed by atoms with Gasteiger partial charge in [0.15, 0.2) is 0 Å². The first-order chi connectivity index (χ1) is 8.65. The molecule has 0 saturated heterocycles. The molecule has 0 amide bonds. The smallest absolute Gasteiger partial charge is 0.0294 e. The van der Waals surface area contributed by atoms with Gasteiger partial charge in [0.2, 0.25) is 0 Å². The van der Waals surface area contributed by atoms with Gasteiger partial charge in [-0.2, -0.15) is 0 Å². The molecule has 1 atom stereocenters. The second-order valence-electron chi connectivity index (χ2n) is 5.63. The third kappa shape index (κ3) is 5.22. The van der Waals surface area contributed by atoms with E-state index in [1.54, 1.807) is 0 Å². The molecule has 0 aliphatic heterocycles. The molecular weight excluding hydrogens is 218 g/mol. The molecule has 1 nitrogen and oxygen atoms in total. The molecule has 0 bridgehead atoms. The van der Waals surface area contributed by atoms with Crippen LogP contribution in [0.25, 0.3) is 0 Å². The van der Waals surface area contributed by atoms with E-state index in [4.69, 9.17) is 5.73 Å². The van der Waals surface area contributed by atoms with Gasteiger partial charge in [-0.25, -0.2) is 0 Å². The molecule has 0 radical (unpaired) electrons. The molecule has 18 heavy (non-hydrogen) atoms. The fourth-order valence-corrected chi connectivity index (χ4v) is 2.26. The first-order valence-electron chi connectivity index (χ1n) is 7.50. The lowest BCUT2D eigenvalue weighted by Gasteiger charge is -2.13. The van der Waals surface area contributed by atoms with E-state index in [0.717, 1.165) is 6.42 Å². The molecule has 1 unspecified atom stereocenters. The van der Waals surface area contributed by atoms with Crippen molar-refractivity contribution in [2.75, 3.05) is 0 Å². The van der Waals surface area contributed by atoms with Crippen LogP contribution in [0.5, 0.6) is 0 Å². The molecular formula is C17H29N. The van der Waals surface area contributed by atoms with E-state index in [9.17, 15) is 0 Å². The van der Waals surface area contributed by atoms with Crippen molar-refractivity contribution in [3.05, 3.63) is 35.4 Å². The summed E-state index contributed by atoms with van der Waals surface area (Å²) in [4.78, 5) is 0. The Morgan fingerprint density at radius 1 is 0.889 bits per heavy atom. The van der Waals surface area contributed by atoms with Crippen LogP contribution in [-0.4, -0.2) is 0 Å². The predicted octanol–water partition coefficient (Wildman–Crippen LogP) is 5.17. The number of benzene rings is 1. The van der Waals surface area contributed by atoms with E-state index in [1.165, 1.54) is 43.2 Å². The molecule has 0 aliphatic carbocycles. The fourth-order valence-electron chi connectivity index (χ4n) is 2.26. The zero-order chi connectivity index (χ0) is 13.4. The van der Waals surface area contributed by atoms with Crippen LogP contribution in [0.3, 0.4) is 0 Å². The number of rotatable bonds is 8. The Kier molecular flexibility index (Phi) is 7.04. The highest BCUT2D eigenvalue weighted by molar-refractivity contribution is 5.26. The second kappa shape index (κ2) is 8.31. The minimum absolute atomic E-state index is 0.216. The van der Waals surface area contributed by atoms with Crippen molar-refractivity contribution < 1.29 is 0 Å². The summed E-state index contributed by atoms with van der Waals surface area (Å²) < 4.78 is 0. The van der Waals surface area contributed by atoms with E-state index in [1.807, 2.05) is 0 Å². The summed E-state index contributed by atoms with van der Waals surface area (Å²) >= 11 is 0. The summed E-state index contributed by atoms with van der Waals surface area (Å²) in [5.41, 5.74) is 8.92. The maximum atomic E-state index is 6.24. The summed E-state index contributed by atoms with van der Waals surface area (Å²) in [5.74, 6) is 0.601. The lowest BCUT2D eigenvalue weighted by molar-refractivity contribution is 0.555. The highest BCUT2D eigenvalue weighted by atomic mass is 14.6. The van der Waals surface area contributed by atoms with Gasteiger partial charge in [0.05, 0.1) is 0 Å². The Balaban J connectivity index is 2.34. The molecule has 1 aromatic carbocycles. The van der Waals surface area contributed by atoms with E-state index in [-0.39, 0.29) is 6.04 Å². The minimum Gasteiger partial charge on any atom is -0.324 e. The van der Waals surface area contributed by atoms with E-state index in [0.29, 0.717) is 5.92 Å². The zero-order valence-electron chi connectivity index (χ0n) is 12.3. The number of unbranched alkanes of at least 4 members (excludes halogenated alkanes) is 4. The van der Waals surface area contributed by atoms with Crippen molar-refractivity contribution in [2.24, 2.45) is 5.73 Å². The average molecular weight is 247 g/mol. The average Bonchev–Trinajstić information content (AvgIpc) is 2.38. The second-order valence-corrected chi connectivity index (χ2v) is 5.63. The van der Waals surface area contributed by atoms with Crippen molar-refractivity contribution in [3.8, 4) is 0 Å². The van der Waals surface area contributed by atoms with Crippen molar-refractivity contribution in [2.45, 2.75) is 71.3 Å². The predicted molar refractivity (Wildman–Crippen MR) is 80.8 cm³/mol. The molecule has 0 aliphatic rings. The van der Waals surface area contributed by atoms with Crippen LogP contribution in [0.15, 0.2) is 24.3 Å². The highest BCUT2D eigenvalue weighted by Gasteiger charge is 2.06. The van der Waals surface area contributed by atoms with Crippen LogP contribution < -0.4 is 5.73 Å². The van der Waals surface area contributed by atoms with E-state index >= 15 is 0 Å². The maximum Gasteiger partial charge on any atom is 0.0294 e. The summed E-state index contributed by atoms with van der Waals surface area (Å²) in [5, 5.41) is 0. The molecule has 0 fully saturated rings. The molecule has 1 rings (SSSR count). The zero-order valence-corrected chi connectivity index (χ0v) is 12.3. The normalized spacial score (nSPS) is 12.9. The first kappa shape index (κ1) is 15.2. The van der Waals surface area contributed by atoms with Gasteiger partial charge >= 0.3 is 0 Å². The largest absolute Gasteiger partial charge is 0.324 e. The van der Waals surface area contributed by atoms with Crippen LogP contribution >= 0.6 is 0 Å². The van der Waals surface area contributed by atoms with E-state index in [2.05, 4.69) is 45.0 Å². The molecule has 0 spiro atoms. The Morgan fingerprint density at radius 3 is 2.00 bits per heavy atom. The standard InChI is InChI=1S/C17H29N/c1-4-5-6-7-8-9-17(18)16-12-10-15(11-13-16)14(2)3/h10-14,17H,4-9,18H2,1-3H3. The third-order valence-electron chi connectivity index (χ3n) is 3.65.